The summed E-state index contributed by atoms with van der Waals surface area (Å²) in [5.41, 5.74) is 1.08. The Morgan fingerprint density at radius 3 is 2.71 bits per heavy atom. The first-order valence-corrected chi connectivity index (χ1v) is 5.18. The Hall–Kier alpha value is -0.500. The lowest BCUT2D eigenvalue weighted by Crippen LogP contribution is -2.20. The van der Waals surface area contributed by atoms with Gasteiger partial charge in [0.05, 0.1) is 0 Å². The van der Waals surface area contributed by atoms with E-state index in [0.717, 1.165) is 10.6 Å². The van der Waals surface area contributed by atoms with Gasteiger partial charge in [-0.3, -0.25) is 0 Å². The molecule has 0 spiro atoms. The molecule has 76 valence electrons. The third-order valence-electron chi connectivity index (χ3n) is 1.97. The summed E-state index contributed by atoms with van der Waals surface area (Å²) in [5, 5.41) is 4.60. The zero-order valence-corrected chi connectivity index (χ0v) is 9.57. The number of halogens is 2. The molecule has 3 heteroatoms. The van der Waals surface area contributed by atoms with E-state index in [1.807, 2.05) is 31.2 Å². The Morgan fingerprint density at radius 2 is 2.14 bits per heavy atom. The molecule has 0 heterocycles. The van der Waals surface area contributed by atoms with Gasteiger partial charge >= 0.3 is 0 Å². The molecule has 14 heavy (non-hydrogen) atoms. The molecule has 0 fully saturated rings. The van der Waals surface area contributed by atoms with Crippen LogP contribution >= 0.6 is 23.2 Å². The highest BCUT2D eigenvalue weighted by atomic mass is 35.5. The lowest BCUT2D eigenvalue weighted by atomic mass is 10.1. The van der Waals surface area contributed by atoms with Gasteiger partial charge in [-0.15, -0.1) is 0 Å². The van der Waals surface area contributed by atoms with Gasteiger partial charge in [0, 0.05) is 22.6 Å². The highest BCUT2D eigenvalue weighted by Crippen LogP contribution is 2.22. The highest BCUT2D eigenvalue weighted by Gasteiger charge is 2.07. The largest absolute Gasteiger partial charge is 0.305 e. The molecule has 0 aliphatic heterocycles. The van der Waals surface area contributed by atoms with Crippen LogP contribution in [-0.2, 0) is 0 Å². The molecule has 1 N–H and O–H groups in total. The molecule has 0 aliphatic rings. The van der Waals surface area contributed by atoms with Crippen LogP contribution in [0.25, 0.3) is 0 Å². The Bertz CT molecular complexity index is 323. The summed E-state index contributed by atoms with van der Waals surface area (Å²) in [5.74, 6) is 0. The molecule has 1 aromatic carbocycles. The minimum absolute atomic E-state index is 0.180. The van der Waals surface area contributed by atoms with Crippen molar-refractivity contribution >= 4 is 23.2 Å². The molecule has 0 amide bonds. The second-order valence-electron chi connectivity index (χ2n) is 3.14. The molecule has 0 saturated carbocycles. The topological polar surface area (TPSA) is 12.0 Å². The number of rotatable bonds is 4. The quantitative estimate of drug-likeness (QED) is 0.830. The first-order chi connectivity index (χ1) is 6.61. The SMILES string of the molecule is C=C(Cl)CN[C@H](C)c1ccccc1Cl. The van der Waals surface area contributed by atoms with Crippen LogP contribution in [0, 0.1) is 0 Å². The van der Waals surface area contributed by atoms with Crippen LogP contribution in [-0.4, -0.2) is 6.54 Å². The van der Waals surface area contributed by atoms with Crippen molar-refractivity contribution in [1.29, 1.82) is 0 Å². The minimum atomic E-state index is 0.180. The molecule has 0 bridgehead atoms. The lowest BCUT2D eigenvalue weighted by Gasteiger charge is -2.14. The molecule has 1 nitrogen and oxygen atoms in total. The zero-order valence-electron chi connectivity index (χ0n) is 8.06. The number of benzene rings is 1. The monoisotopic (exact) mass is 229 g/mol. The Labute approximate surface area is 94.7 Å². The third kappa shape index (κ3) is 3.33. The van der Waals surface area contributed by atoms with E-state index in [-0.39, 0.29) is 6.04 Å². The molecule has 0 saturated heterocycles. The first kappa shape index (κ1) is 11.6. The van der Waals surface area contributed by atoms with Crippen LogP contribution in [0.2, 0.25) is 5.02 Å². The molecular formula is C11H13Cl2N. The van der Waals surface area contributed by atoms with Gasteiger partial charge in [-0.2, -0.15) is 0 Å². The standard InChI is InChI=1S/C11H13Cl2N/c1-8(12)7-14-9(2)10-5-3-4-6-11(10)13/h3-6,9,14H,1,7H2,2H3/t9-/m1/s1. The van der Waals surface area contributed by atoms with E-state index < -0.39 is 0 Å². The molecule has 0 radical (unpaired) electrons. The molecule has 1 aromatic rings. The summed E-state index contributed by atoms with van der Waals surface area (Å²) in [4.78, 5) is 0. The molecule has 0 unspecified atom stereocenters. The van der Waals surface area contributed by atoms with Crippen LogP contribution in [0.4, 0.5) is 0 Å². The van der Waals surface area contributed by atoms with Crippen molar-refractivity contribution in [2.45, 2.75) is 13.0 Å². The number of nitrogens with one attached hydrogen (secondary N) is 1. The van der Waals surface area contributed by atoms with E-state index >= 15 is 0 Å². The number of hydrogen-bond donors (Lipinski definition) is 1. The fraction of sp³-hybridized carbons (Fsp3) is 0.273. The van der Waals surface area contributed by atoms with Crippen LogP contribution in [0.1, 0.15) is 18.5 Å². The van der Waals surface area contributed by atoms with E-state index in [1.165, 1.54) is 0 Å². The van der Waals surface area contributed by atoms with Gasteiger partial charge in [-0.05, 0) is 18.6 Å². The zero-order chi connectivity index (χ0) is 10.6. The van der Waals surface area contributed by atoms with Crippen molar-refractivity contribution < 1.29 is 0 Å². The van der Waals surface area contributed by atoms with Crippen LogP contribution in [0.5, 0.6) is 0 Å². The second-order valence-corrected chi connectivity index (χ2v) is 4.08. The second kappa shape index (κ2) is 5.40. The fourth-order valence-corrected chi connectivity index (χ4v) is 1.58. The van der Waals surface area contributed by atoms with Gasteiger partial charge in [0.2, 0.25) is 0 Å². The van der Waals surface area contributed by atoms with E-state index in [9.17, 15) is 0 Å². The van der Waals surface area contributed by atoms with Gasteiger partial charge < -0.3 is 5.32 Å². The molecular weight excluding hydrogens is 217 g/mol. The maximum atomic E-state index is 6.04. The van der Waals surface area contributed by atoms with E-state index in [2.05, 4.69) is 11.9 Å². The summed E-state index contributed by atoms with van der Waals surface area (Å²) in [6.45, 7) is 6.25. The van der Waals surface area contributed by atoms with Crippen molar-refractivity contribution in [3.05, 3.63) is 46.5 Å². The summed E-state index contributed by atoms with van der Waals surface area (Å²) >= 11 is 11.7. The van der Waals surface area contributed by atoms with Gasteiger partial charge in [-0.1, -0.05) is 48.0 Å². The normalized spacial score (nSPS) is 12.5. The minimum Gasteiger partial charge on any atom is -0.305 e. The molecule has 0 aromatic heterocycles. The van der Waals surface area contributed by atoms with Gasteiger partial charge in [0.1, 0.15) is 0 Å². The maximum absolute atomic E-state index is 6.04. The average molecular weight is 230 g/mol. The van der Waals surface area contributed by atoms with E-state index in [4.69, 9.17) is 23.2 Å². The molecule has 0 aliphatic carbocycles. The summed E-state index contributed by atoms with van der Waals surface area (Å²) < 4.78 is 0. The summed E-state index contributed by atoms with van der Waals surface area (Å²) in [6.07, 6.45) is 0. The Kier molecular flexibility index (Phi) is 4.46. The summed E-state index contributed by atoms with van der Waals surface area (Å²) in [6, 6.07) is 7.94. The van der Waals surface area contributed by atoms with Crippen molar-refractivity contribution in [1.82, 2.24) is 5.32 Å². The van der Waals surface area contributed by atoms with Gasteiger partial charge in [-0.25, -0.2) is 0 Å². The highest BCUT2D eigenvalue weighted by molar-refractivity contribution is 6.31. The Morgan fingerprint density at radius 1 is 1.50 bits per heavy atom. The predicted molar refractivity (Wildman–Crippen MR) is 62.9 cm³/mol. The summed E-state index contributed by atoms with van der Waals surface area (Å²) in [7, 11) is 0. The molecule has 1 atom stereocenters. The van der Waals surface area contributed by atoms with Crippen molar-refractivity contribution in [3.8, 4) is 0 Å². The van der Waals surface area contributed by atoms with Crippen LogP contribution < -0.4 is 5.32 Å². The average Bonchev–Trinajstić information content (AvgIpc) is 2.15. The van der Waals surface area contributed by atoms with E-state index in [1.54, 1.807) is 0 Å². The van der Waals surface area contributed by atoms with E-state index in [0.29, 0.717) is 11.6 Å². The van der Waals surface area contributed by atoms with Gasteiger partial charge in [0.15, 0.2) is 0 Å². The smallest absolute Gasteiger partial charge is 0.0453 e. The van der Waals surface area contributed by atoms with Gasteiger partial charge in [0.25, 0.3) is 0 Å². The molecule has 1 rings (SSSR count). The first-order valence-electron chi connectivity index (χ1n) is 4.42. The predicted octanol–water partition coefficient (Wildman–Crippen LogP) is 3.74. The van der Waals surface area contributed by atoms with Crippen molar-refractivity contribution in [2.75, 3.05) is 6.54 Å². The Balaban J connectivity index is 2.65. The van der Waals surface area contributed by atoms with Crippen molar-refractivity contribution in [2.24, 2.45) is 0 Å². The van der Waals surface area contributed by atoms with Crippen LogP contribution in [0.15, 0.2) is 35.9 Å². The van der Waals surface area contributed by atoms with Crippen LogP contribution in [0.3, 0.4) is 0 Å². The third-order valence-corrected chi connectivity index (χ3v) is 2.45. The fourth-order valence-electron chi connectivity index (χ4n) is 1.20. The number of hydrogen-bond acceptors (Lipinski definition) is 1. The lowest BCUT2D eigenvalue weighted by molar-refractivity contribution is 0.615. The maximum Gasteiger partial charge on any atom is 0.0453 e. The van der Waals surface area contributed by atoms with Crippen molar-refractivity contribution in [3.63, 3.8) is 0 Å².